The van der Waals surface area contributed by atoms with E-state index in [4.69, 9.17) is 5.73 Å². The molecule has 1 aromatic carbocycles. The number of carbonyl (C=O) groups excluding carboxylic acids is 1. The summed E-state index contributed by atoms with van der Waals surface area (Å²) in [6.45, 7) is 0.661. The van der Waals surface area contributed by atoms with Gasteiger partial charge >= 0.3 is 0 Å². The predicted molar refractivity (Wildman–Crippen MR) is 75.3 cm³/mol. The fraction of sp³-hybridized carbons (Fsp3) is 0.250. The van der Waals surface area contributed by atoms with Gasteiger partial charge in [-0.3, -0.25) is 4.79 Å². The van der Waals surface area contributed by atoms with Crippen LogP contribution in [-0.2, 0) is 17.8 Å². The number of halogens is 1. The number of amides is 1. The maximum atomic E-state index is 11.6. The van der Waals surface area contributed by atoms with Crippen LogP contribution < -0.4 is 11.1 Å². The van der Waals surface area contributed by atoms with Crippen molar-refractivity contribution in [1.82, 2.24) is 20.3 Å². The molecule has 0 saturated carbocycles. The van der Waals surface area contributed by atoms with E-state index < -0.39 is 0 Å². The van der Waals surface area contributed by atoms with Crippen molar-refractivity contribution >= 4 is 27.7 Å². The molecule has 1 aromatic heterocycles. The molecule has 0 aliphatic rings. The number of benzene rings is 1. The molecule has 0 bridgehead atoms. The van der Waals surface area contributed by atoms with Gasteiger partial charge in [-0.25, -0.2) is 0 Å². The van der Waals surface area contributed by atoms with Gasteiger partial charge in [-0.15, -0.1) is 5.10 Å². The smallest absolute Gasteiger partial charge is 0.243 e. The van der Waals surface area contributed by atoms with E-state index >= 15 is 0 Å². The van der Waals surface area contributed by atoms with E-state index in [1.807, 2.05) is 24.3 Å². The second-order valence-electron chi connectivity index (χ2n) is 4.03. The van der Waals surface area contributed by atoms with Crippen molar-refractivity contribution in [3.63, 3.8) is 0 Å². The van der Waals surface area contributed by atoms with E-state index in [9.17, 15) is 4.79 Å². The zero-order valence-corrected chi connectivity index (χ0v) is 11.8. The zero-order valence-electron chi connectivity index (χ0n) is 10.2. The van der Waals surface area contributed by atoms with Crippen molar-refractivity contribution in [3.8, 4) is 0 Å². The molecule has 100 valence electrons. The van der Waals surface area contributed by atoms with Crippen molar-refractivity contribution in [3.05, 3.63) is 40.5 Å². The molecule has 19 heavy (non-hydrogen) atoms. The Bertz CT molecular complexity index is 552. The lowest BCUT2D eigenvalue weighted by Gasteiger charge is -2.05. The molecule has 0 atom stereocenters. The van der Waals surface area contributed by atoms with E-state index in [0.717, 1.165) is 10.9 Å². The minimum absolute atomic E-state index is 0.0809. The minimum atomic E-state index is -0.132. The van der Waals surface area contributed by atoms with Gasteiger partial charge in [0.05, 0.1) is 6.20 Å². The lowest BCUT2D eigenvalue weighted by atomic mass is 10.1. The molecule has 0 fully saturated rings. The summed E-state index contributed by atoms with van der Waals surface area (Å²) < 4.78 is 1.04. The Balaban J connectivity index is 1.73. The maximum Gasteiger partial charge on any atom is 0.243 e. The number of carbonyl (C=O) groups is 1. The molecule has 7 heteroatoms. The summed E-state index contributed by atoms with van der Waals surface area (Å²) in [7, 11) is 0. The summed E-state index contributed by atoms with van der Waals surface area (Å²) in [4.78, 5) is 12.9. The highest BCUT2D eigenvalue weighted by atomic mass is 79.9. The molecule has 0 unspecified atom stereocenters. The van der Waals surface area contributed by atoms with Crippen molar-refractivity contribution in [2.24, 2.45) is 0 Å². The van der Waals surface area contributed by atoms with Gasteiger partial charge in [-0.05, 0) is 24.1 Å². The molecule has 2 aromatic rings. The van der Waals surface area contributed by atoms with Crippen molar-refractivity contribution < 1.29 is 4.79 Å². The zero-order chi connectivity index (χ0) is 13.7. The second-order valence-corrected chi connectivity index (χ2v) is 4.94. The molecule has 0 radical (unpaired) electrons. The van der Waals surface area contributed by atoms with Crippen molar-refractivity contribution in [2.45, 2.75) is 13.0 Å². The summed E-state index contributed by atoms with van der Waals surface area (Å²) >= 11 is 3.38. The largest absolute Gasteiger partial charge is 0.381 e. The third-order valence-corrected chi connectivity index (χ3v) is 3.02. The summed E-state index contributed by atoms with van der Waals surface area (Å²) in [5.41, 5.74) is 6.58. The molecule has 3 N–H and O–H groups in total. The molecule has 2 rings (SSSR count). The number of nitrogens with one attached hydrogen (secondary N) is 1. The Morgan fingerprint density at radius 1 is 1.37 bits per heavy atom. The Labute approximate surface area is 119 Å². The van der Waals surface area contributed by atoms with Crippen LogP contribution in [0.3, 0.4) is 0 Å². The fourth-order valence-corrected chi connectivity index (χ4v) is 1.83. The fourth-order valence-electron chi connectivity index (χ4n) is 1.57. The third-order valence-electron chi connectivity index (χ3n) is 2.49. The highest BCUT2D eigenvalue weighted by Crippen LogP contribution is 2.10. The summed E-state index contributed by atoms with van der Waals surface area (Å²) in [5.74, 6) is 0.176. The number of rotatable bonds is 5. The molecule has 0 saturated heterocycles. The van der Waals surface area contributed by atoms with Crippen LogP contribution in [0, 0.1) is 0 Å². The molecule has 0 aliphatic carbocycles. The van der Waals surface area contributed by atoms with Gasteiger partial charge in [0.1, 0.15) is 6.54 Å². The van der Waals surface area contributed by atoms with Gasteiger partial charge in [0.2, 0.25) is 5.91 Å². The monoisotopic (exact) mass is 323 g/mol. The minimum Gasteiger partial charge on any atom is -0.381 e. The first-order chi connectivity index (χ1) is 9.13. The van der Waals surface area contributed by atoms with E-state index in [1.54, 1.807) is 0 Å². The lowest BCUT2D eigenvalue weighted by molar-refractivity contribution is -0.122. The lowest BCUT2D eigenvalue weighted by Crippen LogP contribution is -2.30. The first-order valence-corrected chi connectivity index (χ1v) is 6.59. The highest BCUT2D eigenvalue weighted by Gasteiger charge is 2.04. The van der Waals surface area contributed by atoms with E-state index in [0.29, 0.717) is 12.4 Å². The van der Waals surface area contributed by atoms with Crippen LogP contribution in [0.25, 0.3) is 0 Å². The number of aromatic nitrogens is 3. The Morgan fingerprint density at radius 2 is 2.11 bits per heavy atom. The van der Waals surface area contributed by atoms with Crippen LogP contribution in [-0.4, -0.2) is 27.4 Å². The van der Waals surface area contributed by atoms with Gasteiger partial charge in [-0.2, -0.15) is 9.90 Å². The molecular weight excluding hydrogens is 310 g/mol. The normalized spacial score (nSPS) is 10.4. The van der Waals surface area contributed by atoms with Crippen LogP contribution in [0.5, 0.6) is 0 Å². The SMILES string of the molecule is Nc1cnn(CC(=O)NCCc2ccc(Br)cc2)n1. The maximum absolute atomic E-state index is 11.6. The average molecular weight is 324 g/mol. The summed E-state index contributed by atoms with van der Waals surface area (Å²) in [6, 6.07) is 8.00. The average Bonchev–Trinajstić information content (AvgIpc) is 2.77. The standard InChI is InChI=1S/C12H14BrN5O/c13-10-3-1-9(2-4-10)5-6-15-12(19)8-18-16-7-11(14)17-18/h1-4,7H,5-6,8H2,(H2,14,17)(H,15,19). The summed E-state index contributed by atoms with van der Waals surface area (Å²) in [5, 5.41) is 10.5. The van der Waals surface area contributed by atoms with Crippen LogP contribution in [0.4, 0.5) is 5.82 Å². The predicted octanol–water partition coefficient (Wildman–Crippen LogP) is 0.982. The van der Waals surface area contributed by atoms with Crippen LogP contribution >= 0.6 is 15.9 Å². The molecular formula is C12H14BrN5O. The van der Waals surface area contributed by atoms with Crippen LogP contribution in [0.2, 0.25) is 0 Å². The Morgan fingerprint density at radius 3 is 2.74 bits per heavy atom. The van der Waals surface area contributed by atoms with Gasteiger partial charge in [0.15, 0.2) is 5.82 Å². The third kappa shape index (κ3) is 4.36. The number of nitrogen functional groups attached to an aromatic ring is 1. The van der Waals surface area contributed by atoms with Crippen molar-refractivity contribution in [1.29, 1.82) is 0 Å². The van der Waals surface area contributed by atoms with Crippen molar-refractivity contribution in [2.75, 3.05) is 12.3 Å². The van der Waals surface area contributed by atoms with Gasteiger partial charge in [0.25, 0.3) is 0 Å². The van der Waals surface area contributed by atoms with Gasteiger partial charge in [0, 0.05) is 11.0 Å². The number of hydrogen-bond acceptors (Lipinski definition) is 4. The number of hydrogen-bond donors (Lipinski definition) is 2. The van der Waals surface area contributed by atoms with Gasteiger partial charge in [-0.1, -0.05) is 28.1 Å². The molecule has 0 spiro atoms. The van der Waals surface area contributed by atoms with Crippen LogP contribution in [0.1, 0.15) is 5.56 Å². The second kappa shape index (κ2) is 6.33. The molecule has 0 aliphatic heterocycles. The number of anilines is 1. The number of nitrogens with zero attached hydrogens (tertiary/aromatic N) is 3. The quantitative estimate of drug-likeness (QED) is 0.858. The number of nitrogens with two attached hydrogens (primary N) is 1. The summed E-state index contributed by atoms with van der Waals surface area (Å²) in [6.07, 6.45) is 2.20. The Hall–Kier alpha value is -1.89. The molecule has 6 nitrogen and oxygen atoms in total. The Kier molecular flexibility index (Phi) is 4.51. The van der Waals surface area contributed by atoms with E-state index in [2.05, 4.69) is 31.4 Å². The topological polar surface area (TPSA) is 85.8 Å². The molecule has 1 heterocycles. The van der Waals surface area contributed by atoms with Gasteiger partial charge < -0.3 is 11.1 Å². The van der Waals surface area contributed by atoms with E-state index in [1.165, 1.54) is 16.6 Å². The first kappa shape index (κ1) is 13.5. The van der Waals surface area contributed by atoms with E-state index in [-0.39, 0.29) is 12.5 Å². The highest BCUT2D eigenvalue weighted by molar-refractivity contribution is 9.10. The first-order valence-electron chi connectivity index (χ1n) is 5.80. The molecule has 1 amide bonds. The van der Waals surface area contributed by atoms with Crippen LogP contribution in [0.15, 0.2) is 34.9 Å².